The summed E-state index contributed by atoms with van der Waals surface area (Å²) in [5, 5.41) is 0.0869. The van der Waals surface area contributed by atoms with Crippen LogP contribution in [0.4, 0.5) is 18.9 Å². The fourth-order valence-corrected chi connectivity index (χ4v) is 2.78. The molecular weight excluding hydrogens is 315 g/mol. The lowest BCUT2D eigenvalue weighted by Crippen LogP contribution is -2.15. The topological polar surface area (TPSA) is 46.2 Å². The first-order valence-corrected chi connectivity index (χ1v) is 7.08. The highest BCUT2D eigenvalue weighted by atomic mass is 35.5. The summed E-state index contributed by atoms with van der Waals surface area (Å²) in [5.74, 6) is -2.98. The zero-order valence-electron chi connectivity index (χ0n) is 9.70. The molecule has 2 aromatic rings. The molecule has 0 aliphatic rings. The number of sulfonamides is 1. The van der Waals surface area contributed by atoms with Crippen LogP contribution in [0.25, 0.3) is 0 Å². The quantitative estimate of drug-likeness (QED) is 0.939. The molecule has 20 heavy (non-hydrogen) atoms. The van der Waals surface area contributed by atoms with E-state index in [-0.39, 0.29) is 5.02 Å². The molecule has 0 radical (unpaired) electrons. The lowest BCUT2D eigenvalue weighted by Gasteiger charge is -2.10. The van der Waals surface area contributed by atoms with Crippen molar-refractivity contribution in [3.05, 3.63) is 58.9 Å². The van der Waals surface area contributed by atoms with Crippen molar-refractivity contribution in [1.29, 1.82) is 0 Å². The maximum atomic E-state index is 13.4. The van der Waals surface area contributed by atoms with E-state index in [1.165, 1.54) is 6.07 Å². The molecule has 0 bridgehead atoms. The number of hydrogen-bond donors (Lipinski definition) is 1. The van der Waals surface area contributed by atoms with Crippen LogP contribution in [0.15, 0.2) is 41.3 Å². The highest BCUT2D eigenvalue weighted by Crippen LogP contribution is 2.24. The average Bonchev–Trinajstić information content (AvgIpc) is 2.36. The van der Waals surface area contributed by atoms with E-state index >= 15 is 0 Å². The van der Waals surface area contributed by atoms with E-state index in [0.29, 0.717) is 12.1 Å². The summed E-state index contributed by atoms with van der Waals surface area (Å²) in [6, 6.07) is 5.12. The second-order valence-corrected chi connectivity index (χ2v) is 5.89. The lowest BCUT2D eigenvalue weighted by atomic mass is 10.3. The first-order chi connectivity index (χ1) is 9.29. The Kier molecular flexibility index (Phi) is 3.92. The standard InChI is InChI=1S/C12H7ClF3NO2S/c13-7-1-3-9(15)11(5-7)17-20(18,19)12-6-8(14)2-4-10(12)16/h1-6,17H. The molecule has 0 unspecified atom stereocenters. The molecule has 3 nitrogen and oxygen atoms in total. The van der Waals surface area contributed by atoms with Gasteiger partial charge in [-0.3, -0.25) is 4.72 Å². The third-order valence-corrected chi connectivity index (χ3v) is 3.97. The van der Waals surface area contributed by atoms with Gasteiger partial charge in [0.15, 0.2) is 0 Å². The van der Waals surface area contributed by atoms with Crippen molar-refractivity contribution < 1.29 is 21.6 Å². The van der Waals surface area contributed by atoms with Crippen LogP contribution in [0.2, 0.25) is 5.02 Å². The van der Waals surface area contributed by atoms with E-state index in [9.17, 15) is 21.6 Å². The smallest absolute Gasteiger partial charge is 0.265 e. The number of hydrogen-bond acceptors (Lipinski definition) is 2. The van der Waals surface area contributed by atoms with Gasteiger partial charge in [-0.15, -0.1) is 0 Å². The Labute approximate surface area is 118 Å². The number of benzene rings is 2. The van der Waals surface area contributed by atoms with Gasteiger partial charge in [0, 0.05) is 5.02 Å². The minimum atomic E-state index is -4.47. The van der Waals surface area contributed by atoms with E-state index in [1.54, 1.807) is 0 Å². The predicted octanol–water partition coefficient (Wildman–Crippen LogP) is 3.56. The van der Waals surface area contributed by atoms with Crippen LogP contribution in [0, 0.1) is 17.5 Å². The second kappa shape index (κ2) is 5.34. The molecule has 8 heteroatoms. The summed E-state index contributed by atoms with van der Waals surface area (Å²) in [6.07, 6.45) is 0. The average molecular weight is 322 g/mol. The molecule has 2 aromatic carbocycles. The molecule has 0 spiro atoms. The molecule has 0 atom stereocenters. The Morgan fingerprint density at radius 1 is 0.950 bits per heavy atom. The molecule has 1 N–H and O–H groups in total. The molecule has 2 rings (SSSR count). The largest absolute Gasteiger partial charge is 0.277 e. The van der Waals surface area contributed by atoms with Gasteiger partial charge >= 0.3 is 0 Å². The molecule has 0 fully saturated rings. The van der Waals surface area contributed by atoms with Gasteiger partial charge in [0.1, 0.15) is 22.3 Å². The number of nitrogens with one attached hydrogen (secondary N) is 1. The molecule has 0 aromatic heterocycles. The molecule has 0 aliphatic heterocycles. The van der Waals surface area contributed by atoms with Crippen LogP contribution >= 0.6 is 11.6 Å². The molecule has 0 saturated heterocycles. The summed E-state index contributed by atoms with van der Waals surface area (Å²) in [4.78, 5) is -0.920. The van der Waals surface area contributed by atoms with Crippen LogP contribution in [-0.2, 0) is 10.0 Å². The fraction of sp³-hybridized carbons (Fsp3) is 0. The molecular formula is C12H7ClF3NO2S. The van der Waals surface area contributed by atoms with Crippen molar-refractivity contribution in [1.82, 2.24) is 0 Å². The molecule has 0 amide bonds. The summed E-state index contributed by atoms with van der Waals surface area (Å²) < 4.78 is 65.5. The minimum Gasteiger partial charge on any atom is -0.277 e. The molecule has 0 saturated carbocycles. The van der Waals surface area contributed by atoms with Crippen LogP contribution < -0.4 is 4.72 Å². The van der Waals surface area contributed by atoms with E-state index in [2.05, 4.69) is 0 Å². The first kappa shape index (κ1) is 14.7. The SMILES string of the molecule is O=S(=O)(Nc1cc(Cl)ccc1F)c1cc(F)ccc1F. The highest BCUT2D eigenvalue weighted by molar-refractivity contribution is 7.92. The van der Waals surface area contributed by atoms with Gasteiger partial charge in [-0.1, -0.05) is 11.6 Å². The Morgan fingerprint density at radius 2 is 1.60 bits per heavy atom. The normalized spacial score (nSPS) is 11.4. The van der Waals surface area contributed by atoms with E-state index in [0.717, 1.165) is 18.2 Å². The van der Waals surface area contributed by atoms with Gasteiger partial charge in [-0.05, 0) is 36.4 Å². The highest BCUT2D eigenvalue weighted by Gasteiger charge is 2.21. The zero-order valence-corrected chi connectivity index (χ0v) is 11.3. The van der Waals surface area contributed by atoms with Crippen molar-refractivity contribution in [2.24, 2.45) is 0 Å². The molecule has 106 valence electrons. The van der Waals surface area contributed by atoms with E-state index in [1.807, 2.05) is 4.72 Å². The second-order valence-electron chi connectivity index (χ2n) is 3.80. The van der Waals surface area contributed by atoms with Crippen molar-refractivity contribution in [3.63, 3.8) is 0 Å². The number of rotatable bonds is 3. The monoisotopic (exact) mass is 321 g/mol. The minimum absolute atomic E-state index is 0.0869. The summed E-state index contributed by atoms with van der Waals surface area (Å²) >= 11 is 5.61. The first-order valence-electron chi connectivity index (χ1n) is 5.22. The van der Waals surface area contributed by atoms with Gasteiger partial charge < -0.3 is 0 Å². The molecule has 0 aliphatic carbocycles. The van der Waals surface area contributed by atoms with Gasteiger partial charge in [0.05, 0.1) is 5.69 Å². The van der Waals surface area contributed by atoms with Gasteiger partial charge in [-0.25, -0.2) is 21.6 Å². The fourth-order valence-electron chi connectivity index (χ4n) is 1.46. The van der Waals surface area contributed by atoms with Crippen molar-refractivity contribution in [3.8, 4) is 0 Å². The Hall–Kier alpha value is -1.73. The van der Waals surface area contributed by atoms with Crippen LogP contribution in [0.1, 0.15) is 0 Å². The van der Waals surface area contributed by atoms with Gasteiger partial charge in [0.25, 0.3) is 10.0 Å². The summed E-state index contributed by atoms with van der Waals surface area (Å²) in [7, 11) is -4.47. The van der Waals surface area contributed by atoms with Crippen molar-refractivity contribution in [2.75, 3.05) is 4.72 Å². The Morgan fingerprint density at radius 3 is 2.30 bits per heavy atom. The summed E-state index contributed by atoms with van der Waals surface area (Å²) in [6.45, 7) is 0. The van der Waals surface area contributed by atoms with E-state index < -0.39 is 38.1 Å². The van der Waals surface area contributed by atoms with Crippen LogP contribution in [-0.4, -0.2) is 8.42 Å². The Bertz CT molecular complexity index is 765. The van der Waals surface area contributed by atoms with Crippen molar-refractivity contribution in [2.45, 2.75) is 4.90 Å². The number of halogens is 4. The third kappa shape index (κ3) is 3.05. The Balaban J connectivity index is 2.46. The lowest BCUT2D eigenvalue weighted by molar-refractivity contribution is 0.555. The number of anilines is 1. The predicted molar refractivity (Wildman–Crippen MR) is 68.6 cm³/mol. The van der Waals surface area contributed by atoms with Crippen LogP contribution in [0.5, 0.6) is 0 Å². The maximum Gasteiger partial charge on any atom is 0.265 e. The van der Waals surface area contributed by atoms with E-state index in [4.69, 9.17) is 11.6 Å². The van der Waals surface area contributed by atoms with Crippen LogP contribution in [0.3, 0.4) is 0 Å². The maximum absolute atomic E-state index is 13.4. The summed E-state index contributed by atoms with van der Waals surface area (Å²) in [5.41, 5.74) is -0.457. The van der Waals surface area contributed by atoms with Gasteiger partial charge in [0.2, 0.25) is 0 Å². The van der Waals surface area contributed by atoms with Gasteiger partial charge in [-0.2, -0.15) is 0 Å². The zero-order chi connectivity index (χ0) is 14.9. The third-order valence-electron chi connectivity index (χ3n) is 2.36. The van der Waals surface area contributed by atoms with Crippen molar-refractivity contribution >= 4 is 27.3 Å². The molecule has 0 heterocycles.